The van der Waals surface area contributed by atoms with Crippen molar-refractivity contribution in [1.29, 1.82) is 0 Å². The molecule has 0 spiro atoms. The molecule has 80 valence electrons. The lowest BCUT2D eigenvalue weighted by molar-refractivity contribution is 0.195. The number of nitrogens with one attached hydrogen (secondary N) is 1. The highest BCUT2D eigenvalue weighted by Crippen LogP contribution is 2.19. The molecule has 0 bridgehead atoms. The van der Waals surface area contributed by atoms with Crippen LogP contribution in [0.1, 0.15) is 12.0 Å². The predicted molar refractivity (Wildman–Crippen MR) is 64.0 cm³/mol. The zero-order valence-electron chi connectivity index (χ0n) is 8.59. The van der Waals surface area contributed by atoms with E-state index < -0.39 is 0 Å². The van der Waals surface area contributed by atoms with Crippen LogP contribution in [0.3, 0.4) is 0 Å². The van der Waals surface area contributed by atoms with Crippen molar-refractivity contribution in [1.82, 2.24) is 9.97 Å². The Morgan fingerprint density at radius 1 is 1.47 bits per heavy atom. The van der Waals surface area contributed by atoms with Gasteiger partial charge in [-0.1, -0.05) is 0 Å². The molecule has 0 radical (unpaired) electrons. The van der Waals surface area contributed by atoms with Gasteiger partial charge >= 0.3 is 0 Å². The van der Waals surface area contributed by atoms with E-state index in [1.54, 1.807) is 7.11 Å². The number of hydrogen-bond donors (Lipinski definition) is 1. The van der Waals surface area contributed by atoms with Crippen molar-refractivity contribution in [3.05, 3.63) is 28.5 Å². The van der Waals surface area contributed by atoms with Gasteiger partial charge in [-0.15, -0.1) is 0 Å². The van der Waals surface area contributed by atoms with Crippen molar-refractivity contribution in [2.24, 2.45) is 0 Å². The molecule has 0 saturated carbocycles. The van der Waals surface area contributed by atoms with Crippen molar-refractivity contribution in [3.63, 3.8) is 0 Å². The summed E-state index contributed by atoms with van der Waals surface area (Å²) in [5, 5.41) is 0. The third-order valence-corrected chi connectivity index (χ3v) is 2.80. The Morgan fingerprint density at radius 3 is 3.13 bits per heavy atom. The number of hydrogen-bond acceptors (Lipinski definition) is 2. The monoisotopic (exact) mass is 268 g/mol. The number of aromatic amines is 1. The van der Waals surface area contributed by atoms with Gasteiger partial charge in [0.05, 0.1) is 11.0 Å². The minimum absolute atomic E-state index is 0.792. The molecule has 2 rings (SSSR count). The summed E-state index contributed by atoms with van der Waals surface area (Å²) in [4.78, 5) is 7.68. The normalized spacial score (nSPS) is 11.1. The lowest BCUT2D eigenvalue weighted by atomic mass is 10.1. The molecule has 4 heteroatoms. The fourth-order valence-electron chi connectivity index (χ4n) is 1.63. The molecule has 2 heterocycles. The summed E-state index contributed by atoms with van der Waals surface area (Å²) in [7, 11) is 1.73. The van der Waals surface area contributed by atoms with E-state index in [0.29, 0.717) is 0 Å². The number of H-pyrrole nitrogens is 1. The number of nitrogens with zero attached hydrogens (tertiary/aromatic N) is 1. The number of ether oxygens (including phenoxy) is 1. The van der Waals surface area contributed by atoms with Gasteiger partial charge in [0.25, 0.3) is 0 Å². The van der Waals surface area contributed by atoms with Crippen LogP contribution in [0.4, 0.5) is 0 Å². The highest BCUT2D eigenvalue weighted by Gasteiger charge is 2.04. The molecular weight excluding hydrogens is 256 g/mol. The maximum absolute atomic E-state index is 5.04. The highest BCUT2D eigenvalue weighted by molar-refractivity contribution is 9.10. The molecule has 1 N–H and O–H groups in total. The zero-order chi connectivity index (χ0) is 10.7. The van der Waals surface area contributed by atoms with Crippen LogP contribution in [-0.2, 0) is 11.2 Å². The Kier molecular flexibility index (Phi) is 3.38. The maximum atomic E-state index is 5.04. The van der Waals surface area contributed by atoms with E-state index >= 15 is 0 Å². The van der Waals surface area contributed by atoms with E-state index in [1.807, 2.05) is 18.3 Å². The first-order valence-electron chi connectivity index (χ1n) is 4.92. The van der Waals surface area contributed by atoms with E-state index in [9.17, 15) is 0 Å². The maximum Gasteiger partial charge on any atom is 0.106 e. The SMILES string of the molecule is COCCCc1c[nH]c2ccc(Br)nc12. The van der Waals surface area contributed by atoms with Crippen molar-refractivity contribution in [3.8, 4) is 0 Å². The minimum Gasteiger partial charge on any atom is -0.385 e. The lowest BCUT2D eigenvalue weighted by Gasteiger charge is -1.98. The topological polar surface area (TPSA) is 37.9 Å². The third-order valence-electron chi connectivity index (χ3n) is 2.36. The first kappa shape index (κ1) is 10.6. The summed E-state index contributed by atoms with van der Waals surface area (Å²) < 4.78 is 5.91. The molecule has 0 aliphatic carbocycles. The fraction of sp³-hybridized carbons (Fsp3) is 0.364. The Bertz CT molecular complexity index is 453. The van der Waals surface area contributed by atoms with Crippen LogP contribution < -0.4 is 0 Å². The van der Waals surface area contributed by atoms with Crippen LogP contribution in [0.2, 0.25) is 0 Å². The Labute approximate surface area is 97.0 Å². The molecule has 0 aromatic carbocycles. The van der Waals surface area contributed by atoms with Crippen LogP contribution >= 0.6 is 15.9 Å². The molecule has 0 aliphatic rings. The Morgan fingerprint density at radius 2 is 2.33 bits per heavy atom. The van der Waals surface area contributed by atoms with E-state index in [2.05, 4.69) is 25.9 Å². The molecule has 0 unspecified atom stereocenters. The number of rotatable bonds is 4. The molecule has 15 heavy (non-hydrogen) atoms. The third kappa shape index (κ3) is 2.38. The molecule has 0 atom stereocenters. The Hall–Kier alpha value is -0.870. The van der Waals surface area contributed by atoms with Crippen molar-refractivity contribution >= 4 is 27.0 Å². The summed E-state index contributed by atoms with van der Waals surface area (Å²) >= 11 is 3.38. The zero-order valence-corrected chi connectivity index (χ0v) is 10.2. The summed E-state index contributed by atoms with van der Waals surface area (Å²) in [5.74, 6) is 0. The fourth-order valence-corrected chi connectivity index (χ4v) is 1.94. The van der Waals surface area contributed by atoms with Gasteiger partial charge in [0.15, 0.2) is 0 Å². The average molecular weight is 269 g/mol. The second-order valence-electron chi connectivity index (χ2n) is 3.44. The Balaban J connectivity index is 2.23. The second-order valence-corrected chi connectivity index (χ2v) is 4.25. The highest BCUT2D eigenvalue weighted by atomic mass is 79.9. The van der Waals surface area contributed by atoms with Gasteiger partial charge in [0.1, 0.15) is 4.60 Å². The van der Waals surface area contributed by atoms with Crippen LogP contribution in [-0.4, -0.2) is 23.7 Å². The number of aryl methyl sites for hydroxylation is 1. The first-order valence-corrected chi connectivity index (χ1v) is 5.72. The standard InChI is InChI=1S/C11H13BrN2O/c1-15-6-2-3-8-7-13-9-4-5-10(12)14-11(8)9/h4-5,7,13H,2-3,6H2,1H3. The van der Waals surface area contributed by atoms with Crippen molar-refractivity contribution < 1.29 is 4.74 Å². The van der Waals surface area contributed by atoms with E-state index in [-0.39, 0.29) is 0 Å². The molecule has 0 fully saturated rings. The molecule has 0 aliphatic heterocycles. The van der Waals surface area contributed by atoms with Crippen LogP contribution in [0.5, 0.6) is 0 Å². The van der Waals surface area contributed by atoms with E-state index in [4.69, 9.17) is 4.74 Å². The number of pyridine rings is 1. The molecular formula is C11H13BrN2O. The van der Waals surface area contributed by atoms with Crippen LogP contribution in [0.25, 0.3) is 11.0 Å². The van der Waals surface area contributed by atoms with Crippen molar-refractivity contribution in [2.45, 2.75) is 12.8 Å². The van der Waals surface area contributed by atoms with Crippen molar-refractivity contribution in [2.75, 3.05) is 13.7 Å². The van der Waals surface area contributed by atoms with Gasteiger partial charge in [-0.3, -0.25) is 0 Å². The van der Waals surface area contributed by atoms with Gasteiger partial charge in [-0.05, 0) is 46.5 Å². The summed E-state index contributed by atoms with van der Waals surface area (Å²) in [5.41, 5.74) is 3.40. The van der Waals surface area contributed by atoms with Crippen LogP contribution in [0, 0.1) is 0 Å². The first-order chi connectivity index (χ1) is 7.31. The van der Waals surface area contributed by atoms with Gasteiger partial charge in [0, 0.05) is 19.9 Å². The summed E-state index contributed by atoms with van der Waals surface area (Å²) in [6.07, 6.45) is 4.05. The number of halogens is 1. The quantitative estimate of drug-likeness (QED) is 0.684. The number of methoxy groups -OCH3 is 1. The molecule has 2 aromatic heterocycles. The molecule has 0 amide bonds. The summed E-state index contributed by atoms with van der Waals surface area (Å²) in [6, 6.07) is 3.98. The summed E-state index contributed by atoms with van der Waals surface area (Å²) in [6.45, 7) is 0.792. The average Bonchev–Trinajstić information content (AvgIpc) is 2.62. The van der Waals surface area contributed by atoms with Gasteiger partial charge < -0.3 is 9.72 Å². The van der Waals surface area contributed by atoms with Gasteiger partial charge in [0.2, 0.25) is 0 Å². The molecule has 2 aromatic rings. The lowest BCUT2D eigenvalue weighted by Crippen LogP contribution is -1.92. The smallest absolute Gasteiger partial charge is 0.106 e. The van der Waals surface area contributed by atoms with Crippen LogP contribution in [0.15, 0.2) is 22.9 Å². The predicted octanol–water partition coefficient (Wildman–Crippen LogP) is 2.90. The number of fused-ring (bicyclic) bond motifs is 1. The van der Waals surface area contributed by atoms with E-state index in [0.717, 1.165) is 35.1 Å². The second kappa shape index (κ2) is 4.77. The van der Waals surface area contributed by atoms with Gasteiger partial charge in [-0.2, -0.15) is 0 Å². The minimum atomic E-state index is 0.792. The van der Waals surface area contributed by atoms with E-state index in [1.165, 1.54) is 5.56 Å². The molecule has 3 nitrogen and oxygen atoms in total. The largest absolute Gasteiger partial charge is 0.385 e. The number of aromatic nitrogens is 2. The van der Waals surface area contributed by atoms with Gasteiger partial charge in [-0.25, -0.2) is 4.98 Å². The molecule has 0 saturated heterocycles.